The van der Waals surface area contributed by atoms with Crippen LogP contribution in [0.4, 0.5) is 0 Å². The van der Waals surface area contributed by atoms with Crippen LogP contribution in [0, 0.1) is 0 Å². The Kier molecular flexibility index (Phi) is 39.8. The number of hydrogen-bond donors (Lipinski definition) is 7. The summed E-state index contributed by atoms with van der Waals surface area (Å²) >= 11 is 0. The van der Waals surface area contributed by atoms with Gasteiger partial charge in [-0.2, -0.15) is 0 Å². The molecule has 71 heavy (non-hydrogen) atoms. The van der Waals surface area contributed by atoms with Crippen LogP contribution in [0.5, 0.6) is 0 Å². The molecule has 0 aromatic heterocycles. The fourth-order valence-corrected chi connectivity index (χ4v) is 8.25. The van der Waals surface area contributed by atoms with Crippen LogP contribution in [0.2, 0.25) is 0 Å². The first-order chi connectivity index (χ1) is 34.6. The van der Waals surface area contributed by atoms with E-state index >= 15 is 0 Å². The summed E-state index contributed by atoms with van der Waals surface area (Å²) in [5.74, 6) is -0.394. The Balaban J connectivity index is 1.75. The highest BCUT2D eigenvalue weighted by Gasteiger charge is 2.47. The van der Waals surface area contributed by atoms with E-state index in [-0.39, 0.29) is 19.6 Å². The molecule has 14 nitrogen and oxygen atoms in total. The molecule has 7 N–H and O–H groups in total. The first-order valence-corrected chi connectivity index (χ1v) is 27.5. The van der Waals surface area contributed by atoms with Gasteiger partial charge in [0.05, 0.1) is 26.4 Å². The molecule has 2 heterocycles. The largest absolute Gasteiger partial charge is 0.457 e. The first-order valence-electron chi connectivity index (χ1n) is 27.5. The van der Waals surface area contributed by atoms with E-state index in [1.54, 1.807) is 0 Å². The molecule has 0 aromatic carbocycles. The van der Waals surface area contributed by atoms with E-state index in [4.69, 9.17) is 28.4 Å². The van der Waals surface area contributed by atoms with Gasteiger partial charge in [0.1, 0.15) is 54.9 Å². The van der Waals surface area contributed by atoms with Crippen molar-refractivity contribution in [3.8, 4) is 0 Å². The van der Waals surface area contributed by atoms with E-state index in [9.17, 15) is 40.5 Å². The number of aliphatic hydroxyl groups excluding tert-OH is 7. The average Bonchev–Trinajstić information content (AvgIpc) is 3.37. The minimum absolute atomic E-state index is 0.0473. The highest BCUT2D eigenvalue weighted by Crippen LogP contribution is 2.26. The molecule has 2 fully saturated rings. The lowest BCUT2D eigenvalue weighted by Gasteiger charge is -2.42. The second-order valence-corrected chi connectivity index (χ2v) is 19.0. The summed E-state index contributed by atoms with van der Waals surface area (Å²) < 4.78 is 34.3. The predicted octanol–water partition coefficient (Wildman–Crippen LogP) is 9.08. The van der Waals surface area contributed by atoms with Crippen molar-refractivity contribution in [3.05, 3.63) is 72.9 Å². The van der Waals surface area contributed by atoms with E-state index in [0.717, 1.165) is 96.3 Å². The van der Waals surface area contributed by atoms with Gasteiger partial charge in [-0.3, -0.25) is 4.79 Å². The second-order valence-electron chi connectivity index (χ2n) is 19.0. The molecule has 14 heteroatoms. The number of allylic oxidation sites excluding steroid dienone is 12. The van der Waals surface area contributed by atoms with E-state index in [0.29, 0.717) is 13.0 Å². The monoisotopic (exact) mass is 1010 g/mol. The zero-order valence-corrected chi connectivity index (χ0v) is 43.7. The zero-order chi connectivity index (χ0) is 51.6. The van der Waals surface area contributed by atoms with Crippen molar-refractivity contribution in [2.45, 2.75) is 248 Å². The normalized spacial score (nSPS) is 25.9. The smallest absolute Gasteiger partial charge is 0.306 e. The van der Waals surface area contributed by atoms with Crippen LogP contribution >= 0.6 is 0 Å². The van der Waals surface area contributed by atoms with Crippen LogP contribution in [0.1, 0.15) is 181 Å². The van der Waals surface area contributed by atoms with Gasteiger partial charge in [0.2, 0.25) is 0 Å². The first kappa shape index (κ1) is 64.5. The Hall–Kier alpha value is -2.57. The molecule has 0 radical (unpaired) electrons. The Bertz CT molecular complexity index is 1450. The Labute approximate surface area is 427 Å². The predicted molar refractivity (Wildman–Crippen MR) is 279 cm³/mol. The minimum atomic E-state index is -1.71. The van der Waals surface area contributed by atoms with Gasteiger partial charge in [-0.15, -0.1) is 0 Å². The number of rotatable bonds is 43. The SMILES string of the molecule is CC/C=C\C/C=C\C/C=C\CCCCCCCCCCOCC(COC1OC(COC2OC(CO)C(O)C(O)C2O)C(O)C(O)C1O)OC(=O)CCCCCCCC/C=C\C/C=C\C/C=C\CCCCC. The molecule has 0 bridgehead atoms. The van der Waals surface area contributed by atoms with Gasteiger partial charge in [0, 0.05) is 13.0 Å². The summed E-state index contributed by atoms with van der Waals surface area (Å²) in [6.45, 7) is 3.51. The van der Waals surface area contributed by atoms with Gasteiger partial charge in [-0.05, 0) is 83.5 Å². The molecule has 0 spiro atoms. The van der Waals surface area contributed by atoms with Gasteiger partial charge in [-0.25, -0.2) is 0 Å². The summed E-state index contributed by atoms with van der Waals surface area (Å²) in [5, 5.41) is 72.3. The van der Waals surface area contributed by atoms with Crippen LogP contribution in [0.3, 0.4) is 0 Å². The fourth-order valence-electron chi connectivity index (χ4n) is 8.25. The molecule has 2 aliphatic heterocycles. The van der Waals surface area contributed by atoms with Crippen LogP contribution in [-0.4, -0.2) is 142 Å². The van der Waals surface area contributed by atoms with Gasteiger partial charge < -0.3 is 64.2 Å². The van der Waals surface area contributed by atoms with E-state index in [1.807, 2.05) is 0 Å². The number of carbonyl (C=O) groups excluding carboxylic acids is 1. The van der Waals surface area contributed by atoms with Crippen LogP contribution in [0.25, 0.3) is 0 Å². The summed E-state index contributed by atoms with van der Waals surface area (Å²) in [6.07, 6.45) is 38.1. The molecule has 2 saturated heterocycles. The lowest BCUT2D eigenvalue weighted by atomic mass is 9.98. The van der Waals surface area contributed by atoms with E-state index in [2.05, 4.69) is 86.8 Å². The molecule has 11 unspecified atom stereocenters. The zero-order valence-electron chi connectivity index (χ0n) is 43.7. The number of carbonyl (C=O) groups is 1. The maximum atomic E-state index is 13.0. The third kappa shape index (κ3) is 31.0. The maximum absolute atomic E-state index is 13.0. The summed E-state index contributed by atoms with van der Waals surface area (Å²) in [6, 6.07) is 0. The lowest BCUT2D eigenvalue weighted by molar-refractivity contribution is -0.332. The topological polar surface area (TPSA) is 214 Å². The van der Waals surface area contributed by atoms with Crippen molar-refractivity contribution >= 4 is 5.97 Å². The third-order valence-electron chi connectivity index (χ3n) is 12.7. The van der Waals surface area contributed by atoms with Gasteiger partial charge >= 0.3 is 5.97 Å². The van der Waals surface area contributed by atoms with Crippen LogP contribution in [0.15, 0.2) is 72.9 Å². The number of ether oxygens (including phenoxy) is 6. The summed E-state index contributed by atoms with van der Waals surface area (Å²) in [4.78, 5) is 13.0. The van der Waals surface area contributed by atoms with Crippen molar-refractivity contribution in [1.29, 1.82) is 0 Å². The lowest BCUT2D eigenvalue weighted by Crippen LogP contribution is -2.61. The van der Waals surface area contributed by atoms with E-state index in [1.165, 1.54) is 57.8 Å². The molecule has 2 rings (SSSR count). The van der Waals surface area contributed by atoms with Gasteiger partial charge in [-0.1, -0.05) is 164 Å². The van der Waals surface area contributed by atoms with Crippen molar-refractivity contribution in [1.82, 2.24) is 0 Å². The van der Waals surface area contributed by atoms with Crippen LogP contribution in [-0.2, 0) is 33.2 Å². The minimum Gasteiger partial charge on any atom is -0.457 e. The third-order valence-corrected chi connectivity index (χ3v) is 12.7. The summed E-state index contributed by atoms with van der Waals surface area (Å²) in [5.41, 5.74) is 0. The van der Waals surface area contributed by atoms with Crippen molar-refractivity contribution in [2.24, 2.45) is 0 Å². The Morgan fingerprint density at radius 1 is 0.479 bits per heavy atom. The quantitative estimate of drug-likeness (QED) is 0.0173. The van der Waals surface area contributed by atoms with Crippen LogP contribution < -0.4 is 0 Å². The molecule has 410 valence electrons. The Morgan fingerprint density at radius 3 is 1.44 bits per heavy atom. The number of esters is 1. The molecule has 0 aliphatic carbocycles. The second kappa shape index (κ2) is 43.8. The standard InChI is InChI=1S/C57H98O14/c1-3-5-7-9-11-13-15-17-19-21-23-24-26-28-30-32-34-36-38-40-49(59)69-46(43-66-41-39-37-35-33-31-29-27-25-22-20-18-16-14-12-10-8-6-4-2)44-67-56-55(65)53(63)51(61)48(71-56)45-68-57-54(64)52(62)50(60)47(42-58)70-57/h6,8,11-14,17-20,23-24,46-48,50-58,60-65H,3-5,7,9-10,15-16,21-22,25-45H2,1-2H3/b8-6-,13-11-,14-12-,19-17-,20-18-,24-23-. The molecule has 2 aliphatic rings. The van der Waals surface area contributed by atoms with Crippen molar-refractivity contribution in [3.63, 3.8) is 0 Å². The maximum Gasteiger partial charge on any atom is 0.306 e. The fraction of sp³-hybridized carbons (Fsp3) is 0.772. The molecular formula is C57H98O14. The molecular weight excluding hydrogens is 909 g/mol. The highest BCUT2D eigenvalue weighted by molar-refractivity contribution is 5.69. The number of hydrogen-bond acceptors (Lipinski definition) is 14. The van der Waals surface area contributed by atoms with E-state index < -0.39 is 86.7 Å². The summed E-state index contributed by atoms with van der Waals surface area (Å²) in [7, 11) is 0. The molecule has 0 amide bonds. The molecule has 0 aromatic rings. The molecule has 11 atom stereocenters. The highest BCUT2D eigenvalue weighted by atomic mass is 16.7. The molecule has 0 saturated carbocycles. The van der Waals surface area contributed by atoms with Gasteiger partial charge in [0.15, 0.2) is 12.6 Å². The Morgan fingerprint density at radius 2 is 0.915 bits per heavy atom. The number of aliphatic hydroxyl groups is 7. The number of unbranched alkanes of at least 4 members (excludes halogenated alkanes) is 17. The van der Waals surface area contributed by atoms with Gasteiger partial charge in [0.25, 0.3) is 0 Å². The van der Waals surface area contributed by atoms with Crippen molar-refractivity contribution < 1.29 is 69.0 Å². The van der Waals surface area contributed by atoms with Crippen molar-refractivity contribution in [2.75, 3.05) is 33.0 Å². The average molecular weight is 1010 g/mol.